The topological polar surface area (TPSA) is 0 Å². The van der Waals surface area contributed by atoms with Crippen molar-refractivity contribution in [1.82, 2.24) is 0 Å². The van der Waals surface area contributed by atoms with Crippen LogP contribution in [0.2, 0.25) is 0 Å². The van der Waals surface area contributed by atoms with E-state index in [2.05, 4.69) is 255 Å². The fourth-order valence-electron chi connectivity index (χ4n) is 8.12. The van der Waals surface area contributed by atoms with Crippen molar-refractivity contribution >= 4 is 0 Å². The van der Waals surface area contributed by atoms with Gasteiger partial charge < -0.3 is 0 Å². The van der Waals surface area contributed by atoms with Crippen molar-refractivity contribution in [1.29, 1.82) is 0 Å². The van der Waals surface area contributed by atoms with E-state index in [9.17, 15) is 0 Å². The molecule has 59 heavy (non-hydrogen) atoms. The molecular formula is C58H42Ni. The fourth-order valence-corrected chi connectivity index (χ4v) is 8.12. The molecule has 0 unspecified atom stereocenters. The monoisotopic (exact) mass is 796 g/mol. The van der Waals surface area contributed by atoms with E-state index in [0.717, 1.165) is 0 Å². The Hall–Kier alpha value is -7.05. The Morgan fingerprint density at radius 3 is 0.712 bits per heavy atom. The Bertz CT molecular complexity index is 2410. The van der Waals surface area contributed by atoms with E-state index in [0.29, 0.717) is 0 Å². The molecule has 0 amide bonds. The second-order valence-electron chi connectivity index (χ2n) is 14.4. The van der Waals surface area contributed by atoms with Crippen molar-refractivity contribution in [3.8, 4) is 89.0 Å². The van der Waals surface area contributed by atoms with Gasteiger partial charge in [-0.2, -0.15) is 0 Å². The molecule has 0 fully saturated rings. The van der Waals surface area contributed by atoms with Crippen LogP contribution >= 0.6 is 0 Å². The zero-order chi connectivity index (χ0) is 38.9. The summed E-state index contributed by atoms with van der Waals surface area (Å²) < 4.78 is 0. The second kappa shape index (κ2) is 18.5. The van der Waals surface area contributed by atoms with Gasteiger partial charge in [-0.25, -0.2) is 0 Å². The first kappa shape index (κ1) is 38.8. The average Bonchev–Trinajstić information content (AvgIpc) is 3.93. The van der Waals surface area contributed by atoms with Crippen LogP contribution in [0.4, 0.5) is 0 Å². The van der Waals surface area contributed by atoms with E-state index in [4.69, 9.17) is 0 Å². The molecule has 0 bridgehead atoms. The zero-order valence-corrected chi connectivity index (χ0v) is 33.6. The maximum absolute atomic E-state index is 2.36. The molecule has 1 heteroatoms. The molecule has 0 aliphatic heterocycles. The average molecular weight is 798 g/mol. The summed E-state index contributed by atoms with van der Waals surface area (Å²) in [6.07, 6.45) is 0. The first-order valence-corrected chi connectivity index (χ1v) is 19.9. The van der Waals surface area contributed by atoms with Crippen LogP contribution < -0.4 is 0 Å². The third-order valence-corrected chi connectivity index (χ3v) is 10.7. The molecule has 10 aromatic rings. The predicted octanol–water partition coefficient (Wildman–Crippen LogP) is 16.1. The van der Waals surface area contributed by atoms with Gasteiger partial charge in [0.1, 0.15) is 0 Å². The summed E-state index contributed by atoms with van der Waals surface area (Å²) in [6, 6.07) is 90.5. The van der Waals surface area contributed by atoms with Crippen LogP contribution in [0.15, 0.2) is 255 Å². The Balaban J connectivity index is 0.000000161. The number of rotatable bonds is 8. The summed E-state index contributed by atoms with van der Waals surface area (Å²) in [7, 11) is 0. The SMILES string of the molecule is [Ni+2].c1ccc(-c2cc(-c3ccccc3)[c-](-c3ccccc3)c2-c2ccccc2)cc1.c1ccc(-c2cc(-c3ccccc3)[c-](-c3ccccc3)c2-c2ccccc2)cc1. The van der Waals surface area contributed by atoms with Crippen LogP contribution in [0.25, 0.3) is 89.0 Å². The normalized spacial score (nSPS) is 10.6. The fraction of sp³-hybridized carbons (Fsp3) is 0. The molecule has 10 aromatic carbocycles. The summed E-state index contributed by atoms with van der Waals surface area (Å²) in [5.74, 6) is 0. The summed E-state index contributed by atoms with van der Waals surface area (Å²) >= 11 is 0. The van der Waals surface area contributed by atoms with Gasteiger partial charge in [0.2, 0.25) is 0 Å². The summed E-state index contributed by atoms with van der Waals surface area (Å²) in [5.41, 5.74) is 20.2. The number of hydrogen-bond acceptors (Lipinski definition) is 0. The smallest absolute Gasteiger partial charge is 0.115 e. The molecule has 0 atom stereocenters. The number of benzene rings is 8. The van der Waals surface area contributed by atoms with Gasteiger partial charge in [0.05, 0.1) is 0 Å². The zero-order valence-electron chi connectivity index (χ0n) is 32.6. The van der Waals surface area contributed by atoms with Gasteiger partial charge in [0.15, 0.2) is 0 Å². The van der Waals surface area contributed by atoms with E-state index in [1.165, 1.54) is 89.0 Å². The standard InChI is InChI=1S/2C29H21.Ni/c2*1-5-13-22(14-6-1)26-21-27(23-15-7-2-8-16-23)29(25-19-11-4-12-20-25)28(26)24-17-9-3-10-18-24;/h2*1-21H;/q2*-1;+2. The van der Waals surface area contributed by atoms with Crippen molar-refractivity contribution in [2.24, 2.45) is 0 Å². The first-order chi connectivity index (χ1) is 28.8. The molecule has 0 spiro atoms. The van der Waals surface area contributed by atoms with Gasteiger partial charge in [-0.1, -0.05) is 321 Å². The molecule has 0 aromatic heterocycles. The molecular weight excluding hydrogens is 755 g/mol. The third kappa shape index (κ3) is 8.35. The van der Waals surface area contributed by atoms with Crippen molar-refractivity contribution in [3.05, 3.63) is 255 Å². The van der Waals surface area contributed by atoms with Crippen LogP contribution in [-0.4, -0.2) is 0 Å². The van der Waals surface area contributed by atoms with Crippen molar-refractivity contribution < 1.29 is 16.5 Å². The Morgan fingerprint density at radius 2 is 0.441 bits per heavy atom. The molecule has 0 nitrogen and oxygen atoms in total. The van der Waals surface area contributed by atoms with Crippen molar-refractivity contribution in [2.45, 2.75) is 0 Å². The van der Waals surface area contributed by atoms with E-state index in [-0.39, 0.29) is 16.5 Å². The minimum Gasteiger partial charge on any atom is -0.115 e. The van der Waals surface area contributed by atoms with E-state index < -0.39 is 0 Å². The van der Waals surface area contributed by atoms with Crippen LogP contribution in [0.3, 0.4) is 0 Å². The second-order valence-corrected chi connectivity index (χ2v) is 14.4. The molecule has 0 saturated carbocycles. The molecule has 284 valence electrons. The summed E-state index contributed by atoms with van der Waals surface area (Å²) in [4.78, 5) is 0. The maximum atomic E-state index is 2.36. The molecule has 0 saturated heterocycles. The molecule has 0 N–H and O–H groups in total. The Morgan fingerprint density at radius 1 is 0.220 bits per heavy atom. The van der Waals surface area contributed by atoms with Gasteiger partial charge in [0.25, 0.3) is 0 Å². The van der Waals surface area contributed by atoms with Gasteiger partial charge in [0, 0.05) is 0 Å². The van der Waals surface area contributed by atoms with Crippen LogP contribution in [-0.2, 0) is 16.5 Å². The predicted molar refractivity (Wildman–Crippen MR) is 248 cm³/mol. The quantitative estimate of drug-likeness (QED) is 0.106. The molecule has 10 rings (SSSR count). The number of hydrogen-bond donors (Lipinski definition) is 0. The minimum atomic E-state index is 0. The van der Waals surface area contributed by atoms with E-state index in [1.807, 2.05) is 0 Å². The molecule has 0 radical (unpaired) electrons. The van der Waals surface area contributed by atoms with Crippen LogP contribution in [0.1, 0.15) is 0 Å². The summed E-state index contributed by atoms with van der Waals surface area (Å²) in [5, 5.41) is 0. The van der Waals surface area contributed by atoms with Crippen LogP contribution in [0, 0.1) is 0 Å². The van der Waals surface area contributed by atoms with E-state index in [1.54, 1.807) is 0 Å². The van der Waals surface area contributed by atoms with Gasteiger partial charge in [-0.05, 0) is 11.1 Å². The van der Waals surface area contributed by atoms with Gasteiger partial charge in [-0.3, -0.25) is 0 Å². The van der Waals surface area contributed by atoms with Crippen molar-refractivity contribution in [2.75, 3.05) is 0 Å². The van der Waals surface area contributed by atoms with Gasteiger partial charge >= 0.3 is 16.5 Å². The Kier molecular flexibility index (Phi) is 12.2. The molecule has 0 aliphatic rings. The van der Waals surface area contributed by atoms with E-state index >= 15 is 0 Å². The molecule has 0 heterocycles. The maximum Gasteiger partial charge on any atom is 2.00 e. The largest absolute Gasteiger partial charge is 2.00 e. The Labute approximate surface area is 358 Å². The van der Waals surface area contributed by atoms with Crippen molar-refractivity contribution in [3.63, 3.8) is 0 Å². The third-order valence-electron chi connectivity index (χ3n) is 10.7. The van der Waals surface area contributed by atoms with Crippen LogP contribution in [0.5, 0.6) is 0 Å². The van der Waals surface area contributed by atoms with Gasteiger partial charge in [-0.15, -0.1) is 12.1 Å². The minimum absolute atomic E-state index is 0. The summed E-state index contributed by atoms with van der Waals surface area (Å²) in [6.45, 7) is 0. The molecule has 0 aliphatic carbocycles. The first-order valence-electron chi connectivity index (χ1n) is 19.9.